The van der Waals surface area contributed by atoms with E-state index in [-0.39, 0.29) is 36.9 Å². The largest absolute Gasteiger partial charge is 0.481 e. The van der Waals surface area contributed by atoms with E-state index in [0.717, 1.165) is 22.3 Å². The quantitative estimate of drug-likeness (QED) is 0.509. The van der Waals surface area contributed by atoms with Crippen LogP contribution in [-0.4, -0.2) is 41.8 Å². The zero-order valence-corrected chi connectivity index (χ0v) is 19.2. The number of hydrogen-bond acceptors (Lipinski definition) is 4. The third-order valence-electron chi connectivity index (χ3n) is 6.61. The van der Waals surface area contributed by atoms with Crippen LogP contribution in [0.5, 0.6) is 0 Å². The molecule has 0 saturated carbocycles. The van der Waals surface area contributed by atoms with Gasteiger partial charge in [0.05, 0.1) is 5.92 Å². The Kier molecular flexibility index (Phi) is 7.30. The molecule has 0 aliphatic heterocycles. The second kappa shape index (κ2) is 10.5. The maximum absolute atomic E-state index is 12.5. The number of fused-ring (bicyclic) bond motifs is 3. The van der Waals surface area contributed by atoms with Crippen LogP contribution in [0.2, 0.25) is 0 Å². The van der Waals surface area contributed by atoms with Gasteiger partial charge in [-0.15, -0.1) is 0 Å². The molecule has 0 bridgehead atoms. The summed E-state index contributed by atoms with van der Waals surface area (Å²) < 4.78 is 5.59. The van der Waals surface area contributed by atoms with Crippen LogP contribution >= 0.6 is 0 Å². The van der Waals surface area contributed by atoms with Crippen molar-refractivity contribution in [3.05, 3.63) is 71.8 Å². The average molecular weight is 463 g/mol. The van der Waals surface area contributed by atoms with E-state index in [1.165, 1.54) is 0 Å². The number of carboxylic acids is 1. The number of carbonyl (C=O) groups is 3. The first-order valence-corrected chi connectivity index (χ1v) is 11.8. The Labute approximate surface area is 199 Å². The number of benzene rings is 2. The molecular formula is C27H30N2O5. The Balaban J connectivity index is 1.29. The summed E-state index contributed by atoms with van der Waals surface area (Å²) in [5, 5.41) is 14.9. The molecule has 3 N–H and O–H groups in total. The van der Waals surface area contributed by atoms with Crippen molar-refractivity contribution in [2.45, 2.75) is 50.6 Å². The number of amides is 2. The predicted octanol–water partition coefficient (Wildman–Crippen LogP) is 4.23. The number of allylic oxidation sites excluding steroid dienone is 1. The number of carbonyl (C=O) groups excluding carboxylic acids is 2. The lowest BCUT2D eigenvalue weighted by atomic mass is 9.91. The van der Waals surface area contributed by atoms with E-state index in [0.29, 0.717) is 19.3 Å². The molecule has 0 radical (unpaired) electrons. The van der Waals surface area contributed by atoms with E-state index in [2.05, 4.69) is 34.9 Å². The van der Waals surface area contributed by atoms with E-state index in [1.807, 2.05) is 37.3 Å². The molecule has 4 rings (SSSR count). The van der Waals surface area contributed by atoms with Gasteiger partial charge in [-0.1, -0.05) is 67.6 Å². The lowest BCUT2D eigenvalue weighted by Crippen LogP contribution is -2.43. The molecule has 34 heavy (non-hydrogen) atoms. The van der Waals surface area contributed by atoms with E-state index in [9.17, 15) is 19.5 Å². The van der Waals surface area contributed by atoms with Crippen LogP contribution in [0, 0.1) is 5.92 Å². The minimum Gasteiger partial charge on any atom is -0.481 e. The highest BCUT2D eigenvalue weighted by molar-refractivity contribution is 5.80. The summed E-state index contributed by atoms with van der Waals surface area (Å²) in [4.78, 5) is 36.3. The minimum absolute atomic E-state index is 0.0261. The summed E-state index contributed by atoms with van der Waals surface area (Å²) in [5.41, 5.74) is 4.61. The molecule has 2 amide bonds. The van der Waals surface area contributed by atoms with Gasteiger partial charge < -0.3 is 20.5 Å². The van der Waals surface area contributed by atoms with Crippen LogP contribution in [0.25, 0.3) is 11.1 Å². The summed E-state index contributed by atoms with van der Waals surface area (Å²) in [5.74, 6) is -1.60. The number of alkyl carbamates (subject to hydrolysis) is 1. The van der Waals surface area contributed by atoms with Crippen molar-refractivity contribution in [2.75, 3.05) is 6.61 Å². The first-order chi connectivity index (χ1) is 16.5. The van der Waals surface area contributed by atoms with Crippen molar-refractivity contribution in [2.24, 2.45) is 5.92 Å². The number of rotatable bonds is 8. The van der Waals surface area contributed by atoms with Gasteiger partial charge in [-0.05, 0) is 41.5 Å². The summed E-state index contributed by atoms with van der Waals surface area (Å²) in [7, 11) is 0. The van der Waals surface area contributed by atoms with Crippen LogP contribution in [0.4, 0.5) is 4.79 Å². The number of hydrogen-bond donors (Lipinski definition) is 3. The SMILES string of the molecule is CC[C@@H](CC(=O)N[C@@H]1C=CC[C@@H](C(=O)O)C1)NC(=O)OCC1c2ccccc2-c2ccccc21. The fraction of sp³-hybridized carbons (Fsp3) is 0.370. The van der Waals surface area contributed by atoms with Gasteiger partial charge in [0.25, 0.3) is 0 Å². The molecule has 0 spiro atoms. The molecule has 2 aromatic rings. The second-order valence-electron chi connectivity index (χ2n) is 8.89. The van der Waals surface area contributed by atoms with Crippen LogP contribution in [0.3, 0.4) is 0 Å². The Morgan fingerprint density at radius 2 is 1.71 bits per heavy atom. The van der Waals surface area contributed by atoms with Crippen molar-refractivity contribution in [1.82, 2.24) is 10.6 Å². The molecule has 178 valence electrons. The Morgan fingerprint density at radius 1 is 1.06 bits per heavy atom. The van der Waals surface area contributed by atoms with Crippen molar-refractivity contribution >= 4 is 18.0 Å². The predicted molar refractivity (Wildman–Crippen MR) is 128 cm³/mol. The average Bonchev–Trinajstić information content (AvgIpc) is 3.16. The van der Waals surface area contributed by atoms with E-state index in [4.69, 9.17) is 4.74 Å². The van der Waals surface area contributed by atoms with Gasteiger partial charge >= 0.3 is 12.1 Å². The number of nitrogens with one attached hydrogen (secondary N) is 2. The Bertz CT molecular complexity index is 1050. The maximum Gasteiger partial charge on any atom is 0.407 e. The zero-order chi connectivity index (χ0) is 24.1. The molecule has 0 heterocycles. The van der Waals surface area contributed by atoms with Gasteiger partial charge in [-0.3, -0.25) is 9.59 Å². The highest BCUT2D eigenvalue weighted by atomic mass is 16.5. The molecule has 0 fully saturated rings. The molecule has 0 aromatic heterocycles. The summed E-state index contributed by atoms with van der Waals surface area (Å²) in [6.45, 7) is 2.11. The molecule has 2 aromatic carbocycles. The Hall–Kier alpha value is -3.61. The first kappa shape index (κ1) is 23.5. The topological polar surface area (TPSA) is 105 Å². The molecular weight excluding hydrogens is 432 g/mol. The molecule has 0 saturated heterocycles. The normalized spacial score (nSPS) is 19.6. The van der Waals surface area contributed by atoms with Crippen molar-refractivity contribution in [3.8, 4) is 11.1 Å². The van der Waals surface area contributed by atoms with E-state index in [1.54, 1.807) is 6.08 Å². The van der Waals surface area contributed by atoms with Crippen LogP contribution in [0.15, 0.2) is 60.7 Å². The summed E-state index contributed by atoms with van der Waals surface area (Å²) in [6, 6.07) is 15.6. The Morgan fingerprint density at radius 3 is 2.32 bits per heavy atom. The monoisotopic (exact) mass is 462 g/mol. The second-order valence-corrected chi connectivity index (χ2v) is 8.89. The van der Waals surface area contributed by atoms with Crippen molar-refractivity contribution in [3.63, 3.8) is 0 Å². The highest BCUT2D eigenvalue weighted by Gasteiger charge is 2.29. The van der Waals surface area contributed by atoms with Gasteiger partial charge in [0.1, 0.15) is 6.61 Å². The molecule has 7 nitrogen and oxygen atoms in total. The van der Waals surface area contributed by atoms with Crippen LogP contribution < -0.4 is 10.6 Å². The molecule has 2 aliphatic rings. The standard InChI is InChI=1S/C27H30N2O5/c1-2-18(15-25(30)28-19-9-7-8-17(14-19)26(31)32)29-27(33)34-16-24-22-12-5-3-10-20(22)21-11-4-6-13-23(21)24/h3-7,9-13,17-19,24H,2,8,14-16H2,1H3,(H,28,30)(H,29,33)(H,31,32)/t17-,18+,19-/m1/s1. The molecule has 2 aliphatic carbocycles. The summed E-state index contributed by atoms with van der Waals surface area (Å²) in [6.07, 6.45) is 4.58. The fourth-order valence-corrected chi connectivity index (χ4v) is 4.79. The third kappa shape index (κ3) is 5.30. The first-order valence-electron chi connectivity index (χ1n) is 11.8. The lowest BCUT2D eigenvalue weighted by Gasteiger charge is -2.24. The van der Waals surface area contributed by atoms with Gasteiger partial charge in [-0.2, -0.15) is 0 Å². The number of aliphatic carboxylic acids is 1. The third-order valence-corrected chi connectivity index (χ3v) is 6.61. The molecule has 3 atom stereocenters. The zero-order valence-electron chi connectivity index (χ0n) is 19.2. The van der Waals surface area contributed by atoms with Crippen LogP contribution in [0.1, 0.15) is 49.7 Å². The van der Waals surface area contributed by atoms with Gasteiger partial charge in [0.2, 0.25) is 5.91 Å². The summed E-state index contributed by atoms with van der Waals surface area (Å²) >= 11 is 0. The van der Waals surface area contributed by atoms with Gasteiger partial charge in [-0.25, -0.2) is 4.79 Å². The highest BCUT2D eigenvalue weighted by Crippen LogP contribution is 2.44. The maximum atomic E-state index is 12.5. The smallest absolute Gasteiger partial charge is 0.407 e. The number of ether oxygens (including phenoxy) is 1. The van der Waals surface area contributed by atoms with Gasteiger partial charge in [0.15, 0.2) is 0 Å². The number of carboxylic acid groups (broad SMARTS) is 1. The van der Waals surface area contributed by atoms with E-state index >= 15 is 0 Å². The van der Waals surface area contributed by atoms with E-state index < -0.39 is 18.0 Å². The lowest BCUT2D eigenvalue weighted by molar-refractivity contribution is -0.142. The molecule has 0 unspecified atom stereocenters. The van der Waals surface area contributed by atoms with Gasteiger partial charge in [0, 0.05) is 24.4 Å². The fourth-order valence-electron chi connectivity index (χ4n) is 4.79. The molecule has 7 heteroatoms. The van der Waals surface area contributed by atoms with Crippen molar-refractivity contribution in [1.29, 1.82) is 0 Å². The van der Waals surface area contributed by atoms with Crippen LogP contribution in [-0.2, 0) is 14.3 Å². The van der Waals surface area contributed by atoms with Crippen molar-refractivity contribution < 1.29 is 24.2 Å². The minimum atomic E-state index is -0.855.